The first-order chi connectivity index (χ1) is 17.9. The van der Waals surface area contributed by atoms with Gasteiger partial charge in [-0.15, -0.1) is 0 Å². The largest absolute Gasteiger partial charge is 0.419 e. The zero-order valence-corrected chi connectivity index (χ0v) is 22.1. The van der Waals surface area contributed by atoms with Crippen LogP contribution in [0.4, 0.5) is 19.1 Å². The highest BCUT2D eigenvalue weighted by atomic mass is 32.2. The Bertz CT molecular complexity index is 1410. The molecule has 0 bridgehead atoms. The molecule has 11 heteroatoms. The van der Waals surface area contributed by atoms with Gasteiger partial charge in [0.05, 0.1) is 16.2 Å². The van der Waals surface area contributed by atoms with Gasteiger partial charge in [-0.3, -0.25) is 4.79 Å². The SMILES string of the molecule is CCS(=O)(=O)c1ccc(CNC(=O)c2ccc3c(c2)CN(c2ncc(C(F)(F)F)cn2)C[C@@H]3C(C)C)cc1. The summed E-state index contributed by atoms with van der Waals surface area (Å²) in [6.45, 7) is 6.86. The van der Waals surface area contributed by atoms with E-state index in [4.69, 9.17) is 0 Å². The number of hydrogen-bond acceptors (Lipinski definition) is 6. The van der Waals surface area contributed by atoms with Crippen LogP contribution in [0.3, 0.4) is 0 Å². The first-order valence-electron chi connectivity index (χ1n) is 12.3. The molecule has 1 aromatic heterocycles. The summed E-state index contributed by atoms with van der Waals surface area (Å²) >= 11 is 0. The van der Waals surface area contributed by atoms with E-state index in [2.05, 4.69) is 29.1 Å². The summed E-state index contributed by atoms with van der Waals surface area (Å²) in [5.41, 5.74) is 2.29. The molecule has 4 rings (SSSR count). The van der Waals surface area contributed by atoms with E-state index in [1.54, 1.807) is 31.2 Å². The number of rotatable bonds is 7. The molecule has 202 valence electrons. The van der Waals surface area contributed by atoms with E-state index in [-0.39, 0.29) is 40.9 Å². The highest BCUT2D eigenvalue weighted by molar-refractivity contribution is 7.91. The van der Waals surface area contributed by atoms with Crippen molar-refractivity contribution in [3.05, 3.63) is 82.7 Å². The van der Waals surface area contributed by atoms with Gasteiger partial charge in [0.2, 0.25) is 5.95 Å². The van der Waals surface area contributed by atoms with Gasteiger partial charge in [0.15, 0.2) is 9.84 Å². The molecule has 7 nitrogen and oxygen atoms in total. The van der Waals surface area contributed by atoms with E-state index < -0.39 is 21.6 Å². The molecule has 2 aromatic carbocycles. The van der Waals surface area contributed by atoms with E-state index in [9.17, 15) is 26.4 Å². The minimum Gasteiger partial charge on any atom is -0.348 e. The average Bonchev–Trinajstić information content (AvgIpc) is 2.90. The van der Waals surface area contributed by atoms with Crippen LogP contribution in [-0.4, -0.2) is 36.6 Å². The Hall–Kier alpha value is -3.47. The lowest BCUT2D eigenvalue weighted by Crippen LogP contribution is -2.37. The molecule has 2 heterocycles. The molecule has 0 fully saturated rings. The Kier molecular flexibility index (Phi) is 7.78. The zero-order chi connectivity index (χ0) is 27.7. The average molecular weight is 547 g/mol. The third-order valence-corrected chi connectivity index (χ3v) is 8.50. The van der Waals surface area contributed by atoms with Crippen LogP contribution in [0.5, 0.6) is 0 Å². The van der Waals surface area contributed by atoms with Crippen molar-refractivity contribution in [3.63, 3.8) is 0 Å². The summed E-state index contributed by atoms with van der Waals surface area (Å²) in [7, 11) is -3.29. The number of sulfone groups is 1. The van der Waals surface area contributed by atoms with Crippen molar-refractivity contribution < 1.29 is 26.4 Å². The van der Waals surface area contributed by atoms with Crippen LogP contribution in [0, 0.1) is 5.92 Å². The smallest absolute Gasteiger partial charge is 0.348 e. The fourth-order valence-electron chi connectivity index (χ4n) is 4.47. The number of hydrogen-bond donors (Lipinski definition) is 1. The van der Waals surface area contributed by atoms with E-state index in [0.717, 1.165) is 29.1 Å². The van der Waals surface area contributed by atoms with Crippen LogP contribution in [-0.2, 0) is 29.1 Å². The van der Waals surface area contributed by atoms with Gasteiger partial charge in [-0.2, -0.15) is 13.2 Å². The number of fused-ring (bicyclic) bond motifs is 1. The summed E-state index contributed by atoms with van der Waals surface area (Å²) in [5, 5.41) is 2.86. The predicted molar refractivity (Wildman–Crippen MR) is 137 cm³/mol. The molecule has 3 aromatic rings. The Labute approximate surface area is 220 Å². The van der Waals surface area contributed by atoms with E-state index in [1.165, 1.54) is 12.1 Å². The second-order valence-electron chi connectivity index (χ2n) is 9.64. The number of alkyl halides is 3. The number of carbonyl (C=O) groups is 1. The van der Waals surface area contributed by atoms with Crippen molar-refractivity contribution >= 4 is 21.7 Å². The van der Waals surface area contributed by atoms with Crippen LogP contribution in [0.15, 0.2) is 59.8 Å². The van der Waals surface area contributed by atoms with Gasteiger partial charge in [0.1, 0.15) is 0 Å². The lowest BCUT2D eigenvalue weighted by atomic mass is 9.82. The first kappa shape index (κ1) is 27.6. The number of nitrogens with zero attached hydrogens (tertiary/aromatic N) is 3. The van der Waals surface area contributed by atoms with Gasteiger partial charge >= 0.3 is 6.18 Å². The first-order valence-corrected chi connectivity index (χ1v) is 13.9. The predicted octanol–water partition coefficient (Wildman–Crippen LogP) is 4.98. The normalized spacial score (nSPS) is 15.9. The fraction of sp³-hybridized carbons (Fsp3) is 0.370. The fourth-order valence-corrected chi connectivity index (χ4v) is 5.35. The molecule has 38 heavy (non-hydrogen) atoms. The monoisotopic (exact) mass is 546 g/mol. The highest BCUT2D eigenvalue weighted by Gasteiger charge is 2.33. The zero-order valence-electron chi connectivity index (χ0n) is 21.3. The Morgan fingerprint density at radius 3 is 2.34 bits per heavy atom. The van der Waals surface area contributed by atoms with Crippen molar-refractivity contribution in [3.8, 4) is 0 Å². The molecule has 1 atom stereocenters. The van der Waals surface area contributed by atoms with Crippen molar-refractivity contribution in [2.24, 2.45) is 5.92 Å². The van der Waals surface area contributed by atoms with E-state index >= 15 is 0 Å². The number of amides is 1. The van der Waals surface area contributed by atoms with Crippen LogP contribution in [0.25, 0.3) is 0 Å². The summed E-state index contributed by atoms with van der Waals surface area (Å²) in [6, 6.07) is 11.9. The summed E-state index contributed by atoms with van der Waals surface area (Å²) in [5.74, 6) is 0.256. The van der Waals surface area contributed by atoms with Gasteiger partial charge in [0, 0.05) is 43.5 Å². The Balaban J connectivity index is 1.51. The van der Waals surface area contributed by atoms with Crippen LogP contribution >= 0.6 is 0 Å². The maximum atomic E-state index is 12.9. The van der Waals surface area contributed by atoms with Gasteiger partial charge in [-0.1, -0.05) is 39.0 Å². The summed E-state index contributed by atoms with van der Waals surface area (Å²) in [4.78, 5) is 22.9. The molecule has 0 aliphatic carbocycles. The Morgan fingerprint density at radius 2 is 1.76 bits per heavy atom. The number of anilines is 1. The number of aromatic nitrogens is 2. The number of nitrogens with one attached hydrogen (secondary N) is 1. The molecule has 1 N–H and O–H groups in total. The minimum atomic E-state index is -4.51. The number of halogens is 3. The van der Waals surface area contributed by atoms with Crippen molar-refractivity contribution in [1.29, 1.82) is 0 Å². The van der Waals surface area contributed by atoms with Crippen molar-refractivity contribution in [2.45, 2.75) is 50.9 Å². The maximum Gasteiger partial charge on any atom is 0.419 e. The molecule has 0 saturated carbocycles. The van der Waals surface area contributed by atoms with Gasteiger partial charge < -0.3 is 10.2 Å². The van der Waals surface area contributed by atoms with Crippen LogP contribution in [0.2, 0.25) is 0 Å². The van der Waals surface area contributed by atoms with Crippen molar-refractivity contribution in [1.82, 2.24) is 15.3 Å². The van der Waals surface area contributed by atoms with E-state index in [0.29, 0.717) is 18.7 Å². The summed E-state index contributed by atoms with van der Waals surface area (Å²) in [6.07, 6.45) is -2.93. The number of carbonyl (C=O) groups excluding carboxylic acids is 1. The van der Waals surface area contributed by atoms with Crippen LogP contribution < -0.4 is 10.2 Å². The molecule has 0 spiro atoms. The lowest BCUT2D eigenvalue weighted by Gasteiger charge is -2.37. The molecule has 0 radical (unpaired) electrons. The summed E-state index contributed by atoms with van der Waals surface area (Å²) < 4.78 is 62.8. The highest BCUT2D eigenvalue weighted by Crippen LogP contribution is 2.36. The van der Waals surface area contributed by atoms with Crippen molar-refractivity contribution in [2.75, 3.05) is 17.2 Å². The molecule has 0 saturated heterocycles. The molecule has 0 unspecified atom stereocenters. The van der Waals surface area contributed by atoms with E-state index in [1.807, 2.05) is 11.0 Å². The second-order valence-corrected chi connectivity index (χ2v) is 11.9. The van der Waals surface area contributed by atoms with Gasteiger partial charge in [-0.05, 0) is 46.9 Å². The molecule has 1 aliphatic heterocycles. The topological polar surface area (TPSA) is 92.3 Å². The molecule has 1 aliphatic rings. The Morgan fingerprint density at radius 1 is 1.11 bits per heavy atom. The third-order valence-electron chi connectivity index (χ3n) is 6.75. The van der Waals surface area contributed by atoms with Gasteiger partial charge in [-0.25, -0.2) is 18.4 Å². The second kappa shape index (κ2) is 10.7. The third kappa shape index (κ3) is 5.98. The van der Waals surface area contributed by atoms with Crippen LogP contribution in [0.1, 0.15) is 59.3 Å². The minimum absolute atomic E-state index is 0.0154. The molecular formula is C27H29F3N4O3S. The quantitative estimate of drug-likeness (QED) is 0.450. The number of benzene rings is 2. The standard InChI is InChI=1S/C27H29F3N4O3S/c1-4-38(36,37)22-8-5-18(6-9-22)12-31-25(35)19-7-10-23-20(11-19)15-34(16-24(23)17(2)3)26-32-13-21(14-33-26)27(28,29)30/h5-11,13-14,17,24H,4,12,15-16H2,1-3H3,(H,31,35)/t24-/m1/s1. The molecule has 1 amide bonds. The maximum absolute atomic E-state index is 12.9. The van der Waals surface area contributed by atoms with Gasteiger partial charge in [0.25, 0.3) is 5.91 Å². The lowest BCUT2D eigenvalue weighted by molar-refractivity contribution is -0.138. The molecular weight excluding hydrogens is 517 g/mol.